The smallest absolute Gasteiger partial charge is 0.358 e. The molecule has 0 aliphatic carbocycles. The van der Waals surface area contributed by atoms with E-state index >= 15 is 0 Å². The minimum Gasteiger partial charge on any atom is -0.358 e. The number of rotatable bonds is 3. The summed E-state index contributed by atoms with van der Waals surface area (Å²) in [6.45, 7) is 1.68. The van der Waals surface area contributed by atoms with Crippen LogP contribution in [0.4, 0.5) is 5.82 Å². The molecule has 2 aromatic heterocycles. The highest BCUT2D eigenvalue weighted by Crippen LogP contribution is 2.31. The number of halogens is 1. The lowest BCUT2D eigenvalue weighted by Crippen LogP contribution is -2.07. The van der Waals surface area contributed by atoms with Crippen LogP contribution < -0.4 is 0 Å². The summed E-state index contributed by atoms with van der Waals surface area (Å²) in [7, 11) is -4.08. The van der Waals surface area contributed by atoms with E-state index in [0.717, 1.165) is 3.57 Å². The standard InChI is InChI=1S/C14H10IN3O4S/c1-9-11(15)7-8-12-16-13(14(17(9)12)18(19)20)23(21,22)10-5-3-2-4-6-10/h2-8H,1H3. The molecule has 7 nitrogen and oxygen atoms in total. The van der Waals surface area contributed by atoms with Crippen molar-refractivity contribution in [1.29, 1.82) is 0 Å². The number of hydrogen-bond donors (Lipinski definition) is 0. The highest BCUT2D eigenvalue weighted by atomic mass is 127. The summed E-state index contributed by atoms with van der Waals surface area (Å²) in [5, 5.41) is 11.0. The lowest BCUT2D eigenvalue weighted by molar-refractivity contribution is -0.393. The molecule has 0 fully saturated rings. The van der Waals surface area contributed by atoms with Crippen molar-refractivity contribution < 1.29 is 13.3 Å². The summed E-state index contributed by atoms with van der Waals surface area (Å²) < 4.78 is 27.5. The van der Waals surface area contributed by atoms with E-state index in [1.165, 1.54) is 16.5 Å². The molecule has 2 heterocycles. The van der Waals surface area contributed by atoms with E-state index < -0.39 is 25.6 Å². The van der Waals surface area contributed by atoms with E-state index in [0.29, 0.717) is 5.69 Å². The first kappa shape index (κ1) is 15.9. The molecule has 0 amide bonds. The second kappa shape index (κ2) is 5.57. The Morgan fingerprint density at radius 3 is 2.43 bits per heavy atom. The highest BCUT2D eigenvalue weighted by molar-refractivity contribution is 14.1. The third kappa shape index (κ3) is 2.49. The minimum atomic E-state index is -4.08. The summed E-state index contributed by atoms with van der Waals surface area (Å²) in [6.07, 6.45) is 0. The number of pyridine rings is 1. The molecule has 0 atom stereocenters. The third-order valence-electron chi connectivity index (χ3n) is 3.39. The zero-order valence-electron chi connectivity index (χ0n) is 11.8. The fourth-order valence-corrected chi connectivity index (χ4v) is 4.06. The Morgan fingerprint density at radius 1 is 1.17 bits per heavy atom. The van der Waals surface area contributed by atoms with E-state index in [-0.39, 0.29) is 10.5 Å². The molecule has 0 bridgehead atoms. The zero-order chi connectivity index (χ0) is 16.8. The first-order valence-corrected chi connectivity index (χ1v) is 9.02. The predicted octanol–water partition coefficient (Wildman–Crippen LogP) is 2.99. The second-order valence-electron chi connectivity index (χ2n) is 4.77. The van der Waals surface area contributed by atoms with Crippen LogP contribution >= 0.6 is 22.6 Å². The molecule has 23 heavy (non-hydrogen) atoms. The molecule has 0 aliphatic rings. The first-order valence-electron chi connectivity index (χ1n) is 6.46. The zero-order valence-corrected chi connectivity index (χ0v) is 14.8. The van der Waals surface area contributed by atoms with Crippen LogP contribution in [-0.4, -0.2) is 22.7 Å². The van der Waals surface area contributed by atoms with Gasteiger partial charge in [0.25, 0.3) is 5.03 Å². The van der Waals surface area contributed by atoms with Crippen LogP contribution in [0.2, 0.25) is 0 Å². The first-order chi connectivity index (χ1) is 10.8. The van der Waals surface area contributed by atoms with E-state index in [9.17, 15) is 18.5 Å². The monoisotopic (exact) mass is 443 g/mol. The minimum absolute atomic E-state index is 0.0288. The van der Waals surface area contributed by atoms with Crippen molar-refractivity contribution in [3.05, 3.63) is 61.8 Å². The quantitative estimate of drug-likeness (QED) is 0.353. The maximum absolute atomic E-state index is 12.7. The van der Waals surface area contributed by atoms with Crippen molar-refractivity contribution in [2.75, 3.05) is 0 Å². The number of nitrogens with zero attached hydrogens (tertiary/aromatic N) is 3. The van der Waals surface area contributed by atoms with Crippen LogP contribution in [0.1, 0.15) is 5.69 Å². The number of nitro groups is 1. The van der Waals surface area contributed by atoms with Crippen molar-refractivity contribution in [3.63, 3.8) is 0 Å². The summed E-state index contributed by atoms with van der Waals surface area (Å²) in [4.78, 5) is 14.8. The molecule has 9 heteroatoms. The fourth-order valence-electron chi connectivity index (χ4n) is 2.28. The molecule has 3 rings (SSSR count). The Hall–Kier alpha value is -2.01. The maximum atomic E-state index is 12.7. The van der Waals surface area contributed by atoms with Gasteiger partial charge >= 0.3 is 5.82 Å². The molecule has 0 radical (unpaired) electrons. The van der Waals surface area contributed by atoms with Crippen LogP contribution in [0.5, 0.6) is 0 Å². The lowest BCUT2D eigenvalue weighted by atomic mass is 10.4. The van der Waals surface area contributed by atoms with Gasteiger partial charge in [-0.2, -0.15) is 9.38 Å². The van der Waals surface area contributed by atoms with Crippen LogP contribution in [0.25, 0.3) is 5.65 Å². The SMILES string of the molecule is Cc1c(I)ccc2nc(S(=O)(=O)c3ccccc3)c([N+](=O)[O-])n12. The van der Waals surface area contributed by atoms with Gasteiger partial charge in [0.2, 0.25) is 15.5 Å². The van der Waals surface area contributed by atoms with Gasteiger partial charge < -0.3 is 10.1 Å². The molecule has 0 aliphatic heterocycles. The predicted molar refractivity (Wildman–Crippen MR) is 91.2 cm³/mol. The number of hydrogen-bond acceptors (Lipinski definition) is 5. The summed E-state index contributed by atoms with van der Waals surface area (Å²) in [6, 6.07) is 10.9. The van der Waals surface area contributed by atoms with Crippen molar-refractivity contribution in [1.82, 2.24) is 9.38 Å². The molecule has 0 spiro atoms. The van der Waals surface area contributed by atoms with Crippen molar-refractivity contribution >= 4 is 43.9 Å². The van der Waals surface area contributed by atoms with E-state index in [4.69, 9.17) is 0 Å². The average molecular weight is 443 g/mol. The van der Waals surface area contributed by atoms with Gasteiger partial charge in [-0.15, -0.1) is 0 Å². The number of fused-ring (bicyclic) bond motifs is 1. The van der Waals surface area contributed by atoms with Crippen molar-refractivity contribution in [3.8, 4) is 0 Å². The maximum Gasteiger partial charge on any atom is 0.367 e. The number of aryl methyl sites for hydroxylation is 1. The van der Waals surface area contributed by atoms with Gasteiger partial charge in [0.15, 0.2) is 0 Å². The molecule has 0 saturated carbocycles. The topological polar surface area (TPSA) is 94.6 Å². The Labute approximate surface area is 145 Å². The van der Waals surface area contributed by atoms with E-state index in [1.54, 1.807) is 37.3 Å². The number of benzene rings is 1. The molecule has 0 unspecified atom stereocenters. The second-order valence-corrected chi connectivity index (χ2v) is 7.80. The highest BCUT2D eigenvalue weighted by Gasteiger charge is 2.34. The number of sulfone groups is 1. The van der Waals surface area contributed by atoms with Crippen molar-refractivity contribution in [2.45, 2.75) is 16.8 Å². The Bertz CT molecular complexity index is 1030. The molecular weight excluding hydrogens is 433 g/mol. The fraction of sp³-hybridized carbons (Fsp3) is 0.0714. The van der Waals surface area contributed by atoms with Gasteiger partial charge in [-0.3, -0.25) is 0 Å². The van der Waals surface area contributed by atoms with E-state index in [1.807, 2.05) is 22.6 Å². The molecule has 118 valence electrons. The molecule has 0 saturated heterocycles. The molecule has 3 aromatic rings. The van der Waals surface area contributed by atoms with Gasteiger partial charge in [0.1, 0.15) is 5.69 Å². The average Bonchev–Trinajstić information content (AvgIpc) is 2.93. The summed E-state index contributed by atoms with van der Waals surface area (Å²) in [5.41, 5.74) is 0.793. The molecule has 0 N–H and O–H groups in total. The van der Waals surface area contributed by atoms with Crippen LogP contribution in [0.15, 0.2) is 52.4 Å². The van der Waals surface area contributed by atoms with Gasteiger partial charge in [-0.1, -0.05) is 18.2 Å². The lowest BCUT2D eigenvalue weighted by Gasteiger charge is -2.02. The van der Waals surface area contributed by atoms with Gasteiger partial charge in [-0.05, 0) is 52.6 Å². The van der Waals surface area contributed by atoms with Gasteiger partial charge in [0, 0.05) is 6.07 Å². The van der Waals surface area contributed by atoms with Crippen molar-refractivity contribution in [2.24, 2.45) is 0 Å². The number of imidazole rings is 1. The summed E-state index contributed by atoms with van der Waals surface area (Å²) >= 11 is 2.03. The van der Waals surface area contributed by atoms with E-state index in [2.05, 4.69) is 4.98 Å². The van der Waals surface area contributed by atoms with Crippen LogP contribution in [-0.2, 0) is 9.84 Å². The van der Waals surface area contributed by atoms with Crippen LogP contribution in [0.3, 0.4) is 0 Å². The third-order valence-corrected chi connectivity index (χ3v) is 6.20. The Balaban J connectivity index is 2.42. The largest absolute Gasteiger partial charge is 0.367 e. The normalized spacial score (nSPS) is 11.7. The molecule has 1 aromatic carbocycles. The Kier molecular flexibility index (Phi) is 3.84. The van der Waals surface area contributed by atoms with Gasteiger partial charge in [0.05, 0.1) is 8.47 Å². The molecular formula is C14H10IN3O4S. The Morgan fingerprint density at radius 2 is 1.83 bits per heavy atom. The number of aromatic nitrogens is 2. The summed E-state index contributed by atoms with van der Waals surface area (Å²) in [5.74, 6) is -0.542. The van der Waals surface area contributed by atoms with Gasteiger partial charge in [-0.25, -0.2) is 8.42 Å². The van der Waals surface area contributed by atoms with Crippen LogP contribution in [0, 0.1) is 20.6 Å².